The van der Waals surface area contributed by atoms with Gasteiger partial charge in [0.25, 0.3) is 0 Å². The highest BCUT2D eigenvalue weighted by molar-refractivity contribution is 6.34. The van der Waals surface area contributed by atoms with Gasteiger partial charge >= 0.3 is 0 Å². The third-order valence-electron chi connectivity index (χ3n) is 7.70. The summed E-state index contributed by atoms with van der Waals surface area (Å²) in [4.78, 5) is 13.9. The van der Waals surface area contributed by atoms with Gasteiger partial charge in [0.1, 0.15) is 12.3 Å². The van der Waals surface area contributed by atoms with Crippen LogP contribution in [0.5, 0.6) is 0 Å². The minimum absolute atomic E-state index is 0.0466. The predicted molar refractivity (Wildman–Crippen MR) is 136 cm³/mol. The number of ether oxygens (including phenoxy) is 1. The van der Waals surface area contributed by atoms with Gasteiger partial charge in [0.05, 0.1) is 46.9 Å². The average molecular weight is 518 g/mol. The van der Waals surface area contributed by atoms with Crippen LogP contribution >= 0.6 is 11.6 Å². The molecule has 6 rings (SSSR count). The molecule has 36 heavy (non-hydrogen) atoms. The molecule has 8 nitrogen and oxygen atoms in total. The molecule has 0 amide bonds. The second kappa shape index (κ2) is 9.39. The Balaban J connectivity index is 1.14. The van der Waals surface area contributed by atoms with Crippen LogP contribution in [0.2, 0.25) is 5.02 Å². The summed E-state index contributed by atoms with van der Waals surface area (Å²) in [6.07, 6.45) is 2.99. The highest BCUT2D eigenvalue weighted by Gasteiger charge is 2.40. The second-order valence-electron chi connectivity index (χ2n) is 10.5. The zero-order valence-electron chi connectivity index (χ0n) is 20.2. The number of alkyl halides is 2. The summed E-state index contributed by atoms with van der Waals surface area (Å²) < 4.78 is 34.1. The van der Waals surface area contributed by atoms with E-state index in [1.807, 2.05) is 18.3 Å². The van der Waals surface area contributed by atoms with Gasteiger partial charge in [-0.15, -0.1) is 0 Å². The van der Waals surface area contributed by atoms with Crippen molar-refractivity contribution in [2.45, 2.75) is 44.2 Å². The maximum absolute atomic E-state index is 13.5. The Morgan fingerprint density at radius 2 is 1.86 bits per heavy atom. The van der Waals surface area contributed by atoms with Crippen molar-refractivity contribution in [3.8, 4) is 0 Å². The van der Waals surface area contributed by atoms with Crippen LogP contribution in [0.1, 0.15) is 19.8 Å². The van der Waals surface area contributed by atoms with E-state index in [9.17, 15) is 8.78 Å². The lowest BCUT2D eigenvalue weighted by Gasteiger charge is -2.50. The lowest BCUT2D eigenvalue weighted by molar-refractivity contribution is -0.131. The first kappa shape index (κ1) is 23.8. The molecule has 3 aliphatic rings. The molecule has 11 heteroatoms. The quantitative estimate of drug-likeness (QED) is 0.525. The van der Waals surface area contributed by atoms with E-state index in [0.717, 1.165) is 61.7 Å². The number of hydrogen-bond acceptors (Lipinski definition) is 7. The van der Waals surface area contributed by atoms with Crippen molar-refractivity contribution in [3.63, 3.8) is 0 Å². The highest BCUT2D eigenvalue weighted by Crippen LogP contribution is 2.34. The fourth-order valence-corrected chi connectivity index (χ4v) is 5.80. The van der Waals surface area contributed by atoms with E-state index < -0.39 is 12.3 Å². The van der Waals surface area contributed by atoms with Crippen molar-refractivity contribution in [2.24, 2.45) is 5.92 Å². The summed E-state index contributed by atoms with van der Waals surface area (Å²) in [5.41, 5.74) is 2.66. The first-order chi connectivity index (χ1) is 17.4. The third-order valence-corrected chi connectivity index (χ3v) is 8.01. The number of hydrogen-bond donors (Lipinski definition) is 1. The minimum Gasteiger partial charge on any atom is -0.377 e. The number of fused-ring (bicyclic) bond motifs is 1. The molecule has 2 atom stereocenters. The van der Waals surface area contributed by atoms with Gasteiger partial charge in [0, 0.05) is 50.5 Å². The third kappa shape index (κ3) is 4.62. The SMILES string of the molecule is CC1(N2CCN(c3cc4nc(Nc5cnn(CC6C[C@@H](F)[C@H](F)C6)c5)ncc4cc3Cl)CC2)COC1. The molecule has 1 saturated carbocycles. The largest absolute Gasteiger partial charge is 0.377 e. The molecule has 1 aliphatic carbocycles. The molecule has 0 spiro atoms. The number of benzene rings is 1. The molecule has 1 N–H and O–H groups in total. The van der Waals surface area contributed by atoms with Crippen LogP contribution in [0.3, 0.4) is 0 Å². The number of aromatic nitrogens is 4. The molecule has 1 aromatic carbocycles. The average Bonchev–Trinajstić information content (AvgIpc) is 3.42. The molecule has 3 fully saturated rings. The lowest BCUT2D eigenvalue weighted by Crippen LogP contribution is -2.64. The Bertz CT molecular complexity index is 1230. The number of halogens is 3. The van der Waals surface area contributed by atoms with Crippen LogP contribution < -0.4 is 10.2 Å². The number of piperazine rings is 1. The summed E-state index contributed by atoms with van der Waals surface area (Å²) in [7, 11) is 0. The molecule has 3 aromatic rings. The van der Waals surface area contributed by atoms with Gasteiger partial charge in [0.2, 0.25) is 5.95 Å². The summed E-state index contributed by atoms with van der Waals surface area (Å²) >= 11 is 6.66. The zero-order chi connectivity index (χ0) is 24.9. The Morgan fingerprint density at radius 1 is 1.11 bits per heavy atom. The topological polar surface area (TPSA) is 71.3 Å². The van der Waals surface area contributed by atoms with E-state index in [4.69, 9.17) is 21.3 Å². The molecule has 0 radical (unpaired) electrons. The zero-order valence-corrected chi connectivity index (χ0v) is 21.0. The molecule has 2 aliphatic heterocycles. The summed E-state index contributed by atoms with van der Waals surface area (Å²) in [6.45, 7) is 8.06. The van der Waals surface area contributed by atoms with E-state index in [-0.39, 0.29) is 24.3 Å². The molecular formula is C25H30ClF2N7O. The summed E-state index contributed by atoms with van der Waals surface area (Å²) in [5, 5.41) is 9.07. The molecule has 2 saturated heterocycles. The molecule has 4 heterocycles. The van der Waals surface area contributed by atoms with E-state index in [0.29, 0.717) is 17.5 Å². The standard InChI is InChI=1S/C25H30ClF2N7O/c1-25(14-36-15-25)34-4-2-33(3-5-34)23-9-22-17(8-19(23)26)10-29-24(32-22)31-18-11-30-35(13-18)12-16-6-20(27)21(28)7-16/h8-11,13,16,20-21H,2-7,12,14-15H2,1H3,(H,29,31,32)/t20-,21-/m1/s1. The molecule has 0 bridgehead atoms. The van der Waals surface area contributed by atoms with Crippen LogP contribution in [0.15, 0.2) is 30.7 Å². The summed E-state index contributed by atoms with van der Waals surface area (Å²) in [6, 6.07) is 3.94. The van der Waals surface area contributed by atoms with Crippen molar-refractivity contribution in [3.05, 3.63) is 35.7 Å². The molecule has 0 unspecified atom stereocenters. The van der Waals surface area contributed by atoms with Crippen LogP contribution in [0.4, 0.5) is 26.1 Å². The Hall–Kier alpha value is -2.56. The highest BCUT2D eigenvalue weighted by atomic mass is 35.5. The number of nitrogens with one attached hydrogen (secondary N) is 1. The monoisotopic (exact) mass is 517 g/mol. The van der Waals surface area contributed by atoms with Crippen molar-refractivity contribution in [1.29, 1.82) is 0 Å². The van der Waals surface area contributed by atoms with Crippen LogP contribution in [-0.2, 0) is 11.3 Å². The fourth-order valence-electron chi connectivity index (χ4n) is 5.51. The van der Waals surface area contributed by atoms with Gasteiger partial charge in [-0.3, -0.25) is 9.58 Å². The maximum Gasteiger partial charge on any atom is 0.227 e. The molecule has 2 aromatic heterocycles. The van der Waals surface area contributed by atoms with Gasteiger partial charge in [-0.1, -0.05) is 11.6 Å². The second-order valence-corrected chi connectivity index (χ2v) is 10.9. The van der Waals surface area contributed by atoms with Crippen molar-refractivity contribution in [1.82, 2.24) is 24.6 Å². The Kier molecular flexibility index (Phi) is 6.21. The first-order valence-electron chi connectivity index (χ1n) is 12.5. The van der Waals surface area contributed by atoms with E-state index in [1.165, 1.54) is 0 Å². The van der Waals surface area contributed by atoms with Gasteiger partial charge in [0.15, 0.2) is 0 Å². The molecular weight excluding hydrogens is 488 g/mol. The van der Waals surface area contributed by atoms with Gasteiger partial charge in [-0.05, 0) is 37.8 Å². The smallest absolute Gasteiger partial charge is 0.227 e. The lowest BCUT2D eigenvalue weighted by atomic mass is 9.97. The van der Waals surface area contributed by atoms with Gasteiger partial charge < -0.3 is 15.0 Å². The van der Waals surface area contributed by atoms with Crippen LogP contribution in [-0.4, -0.2) is 81.9 Å². The van der Waals surface area contributed by atoms with Crippen LogP contribution in [0, 0.1) is 5.92 Å². The Morgan fingerprint density at radius 3 is 2.56 bits per heavy atom. The normalized spacial score (nSPS) is 24.8. The van der Waals surface area contributed by atoms with E-state index in [2.05, 4.69) is 32.1 Å². The van der Waals surface area contributed by atoms with Gasteiger partial charge in [-0.2, -0.15) is 5.10 Å². The predicted octanol–water partition coefficient (Wildman–Crippen LogP) is 4.22. The fraction of sp³-hybridized carbons (Fsp3) is 0.560. The Labute approximate surface area is 213 Å². The number of anilines is 3. The molecule has 192 valence electrons. The van der Waals surface area contributed by atoms with Crippen molar-refractivity contribution < 1.29 is 13.5 Å². The van der Waals surface area contributed by atoms with Crippen molar-refractivity contribution in [2.75, 3.05) is 49.6 Å². The number of nitrogens with zero attached hydrogens (tertiary/aromatic N) is 6. The van der Waals surface area contributed by atoms with E-state index in [1.54, 1.807) is 17.1 Å². The minimum atomic E-state index is -1.36. The summed E-state index contributed by atoms with van der Waals surface area (Å²) in [5.74, 6) is 0.404. The van der Waals surface area contributed by atoms with E-state index >= 15 is 0 Å². The maximum atomic E-state index is 13.5. The first-order valence-corrected chi connectivity index (χ1v) is 12.9. The van der Waals surface area contributed by atoms with Gasteiger partial charge in [-0.25, -0.2) is 18.7 Å². The van der Waals surface area contributed by atoms with Crippen molar-refractivity contribution >= 4 is 39.8 Å². The van der Waals surface area contributed by atoms with Crippen LogP contribution in [0.25, 0.3) is 10.9 Å². The number of rotatable bonds is 6.